The van der Waals surface area contributed by atoms with Crippen molar-refractivity contribution in [3.63, 3.8) is 0 Å². The number of hydrogen-bond acceptors (Lipinski definition) is 4. The number of carboxylic acid groups (broad SMARTS) is 1. The second-order valence-corrected chi connectivity index (χ2v) is 4.94. The van der Waals surface area contributed by atoms with Gasteiger partial charge in [-0.05, 0) is 30.5 Å². The lowest BCUT2D eigenvalue weighted by Gasteiger charge is -2.23. The van der Waals surface area contributed by atoms with Crippen LogP contribution in [0.25, 0.3) is 0 Å². The Hall–Kier alpha value is -2.08. The number of carboxylic acids is 1. The zero-order valence-corrected chi connectivity index (χ0v) is 11.9. The Bertz CT molecular complexity index is 493. The first-order valence-corrected chi connectivity index (χ1v) is 6.86. The van der Waals surface area contributed by atoms with Crippen molar-refractivity contribution in [1.82, 2.24) is 5.32 Å². The lowest BCUT2D eigenvalue weighted by molar-refractivity contribution is -0.143. The number of ether oxygens (including phenoxy) is 2. The topological polar surface area (TPSA) is 84.9 Å². The maximum absolute atomic E-state index is 12.2. The minimum atomic E-state index is -1.08. The molecule has 114 valence electrons. The summed E-state index contributed by atoms with van der Waals surface area (Å²) in [4.78, 5) is 23.6. The van der Waals surface area contributed by atoms with Crippen LogP contribution >= 0.6 is 0 Å². The zero-order chi connectivity index (χ0) is 15.2. The van der Waals surface area contributed by atoms with Crippen molar-refractivity contribution in [2.45, 2.75) is 18.9 Å². The number of carbonyl (C=O) groups excluding carboxylic acids is 1. The molecule has 1 fully saturated rings. The molecular formula is C15H19NO5. The summed E-state index contributed by atoms with van der Waals surface area (Å²) < 4.78 is 10.2. The number of methoxy groups -OCH3 is 1. The van der Waals surface area contributed by atoms with E-state index in [0.717, 1.165) is 0 Å². The van der Waals surface area contributed by atoms with Crippen molar-refractivity contribution < 1.29 is 24.2 Å². The molecule has 2 rings (SSSR count). The summed E-state index contributed by atoms with van der Waals surface area (Å²) in [5.74, 6) is -0.861. The molecule has 2 N–H and O–H groups in total. The normalized spacial score (nSPS) is 17.0. The van der Waals surface area contributed by atoms with Crippen LogP contribution in [0.2, 0.25) is 0 Å². The smallest absolute Gasteiger partial charge is 0.330 e. The lowest BCUT2D eigenvalue weighted by atomic mass is 9.98. The van der Waals surface area contributed by atoms with Gasteiger partial charge in [-0.3, -0.25) is 4.79 Å². The fourth-order valence-electron chi connectivity index (χ4n) is 2.30. The van der Waals surface area contributed by atoms with Crippen molar-refractivity contribution in [2.75, 3.05) is 20.3 Å². The van der Waals surface area contributed by atoms with Gasteiger partial charge in [0.05, 0.1) is 7.11 Å². The van der Waals surface area contributed by atoms with Crippen molar-refractivity contribution in [1.29, 1.82) is 0 Å². The molecule has 0 radical (unpaired) electrons. The van der Waals surface area contributed by atoms with Gasteiger partial charge in [0.1, 0.15) is 5.75 Å². The van der Waals surface area contributed by atoms with E-state index in [1.807, 2.05) is 0 Å². The lowest BCUT2D eigenvalue weighted by Crippen LogP contribution is -2.39. The first kappa shape index (κ1) is 15.3. The molecule has 1 aliphatic rings. The number of carbonyl (C=O) groups is 2. The molecule has 1 saturated heterocycles. The first-order valence-electron chi connectivity index (χ1n) is 6.86. The van der Waals surface area contributed by atoms with Gasteiger partial charge in [0.15, 0.2) is 6.04 Å². The van der Waals surface area contributed by atoms with Crippen LogP contribution in [0.5, 0.6) is 5.75 Å². The van der Waals surface area contributed by atoms with Gasteiger partial charge in [-0.1, -0.05) is 12.1 Å². The molecule has 1 aromatic carbocycles. The van der Waals surface area contributed by atoms with Crippen LogP contribution in [-0.4, -0.2) is 37.3 Å². The molecule has 0 bridgehead atoms. The van der Waals surface area contributed by atoms with Gasteiger partial charge in [0.2, 0.25) is 5.91 Å². The van der Waals surface area contributed by atoms with E-state index < -0.39 is 12.0 Å². The van der Waals surface area contributed by atoms with Gasteiger partial charge in [-0.25, -0.2) is 4.79 Å². The number of hydrogen-bond donors (Lipinski definition) is 2. The number of aliphatic carboxylic acids is 1. The van der Waals surface area contributed by atoms with Crippen LogP contribution in [0, 0.1) is 5.92 Å². The minimum Gasteiger partial charge on any atom is -0.497 e. The Kier molecular flexibility index (Phi) is 5.16. The Morgan fingerprint density at radius 2 is 1.90 bits per heavy atom. The van der Waals surface area contributed by atoms with E-state index in [9.17, 15) is 14.7 Å². The van der Waals surface area contributed by atoms with Crippen LogP contribution in [0.4, 0.5) is 0 Å². The minimum absolute atomic E-state index is 0.182. The number of benzene rings is 1. The maximum Gasteiger partial charge on any atom is 0.330 e. The Morgan fingerprint density at radius 3 is 2.43 bits per heavy atom. The molecular weight excluding hydrogens is 274 g/mol. The Balaban J connectivity index is 2.07. The van der Waals surface area contributed by atoms with E-state index in [1.165, 1.54) is 7.11 Å². The summed E-state index contributed by atoms with van der Waals surface area (Å²) >= 11 is 0. The second-order valence-electron chi connectivity index (χ2n) is 4.94. The van der Waals surface area contributed by atoms with Gasteiger partial charge in [-0.2, -0.15) is 0 Å². The predicted octanol–water partition coefficient (Wildman–Crippen LogP) is 1.36. The summed E-state index contributed by atoms with van der Waals surface area (Å²) in [6, 6.07) is 5.58. The summed E-state index contributed by atoms with van der Waals surface area (Å²) in [6.45, 7) is 1.08. The third-order valence-electron chi connectivity index (χ3n) is 3.57. The number of amides is 1. The van der Waals surface area contributed by atoms with Gasteiger partial charge in [-0.15, -0.1) is 0 Å². The highest BCUT2D eigenvalue weighted by atomic mass is 16.5. The average molecular weight is 293 g/mol. The molecule has 0 saturated carbocycles. The molecule has 0 spiro atoms. The van der Waals surface area contributed by atoms with Crippen molar-refractivity contribution in [3.8, 4) is 5.75 Å². The van der Waals surface area contributed by atoms with Crippen molar-refractivity contribution in [3.05, 3.63) is 29.8 Å². The van der Waals surface area contributed by atoms with E-state index in [0.29, 0.717) is 37.4 Å². The van der Waals surface area contributed by atoms with E-state index in [1.54, 1.807) is 24.3 Å². The molecule has 1 unspecified atom stereocenters. The van der Waals surface area contributed by atoms with Crippen LogP contribution in [0.3, 0.4) is 0 Å². The predicted molar refractivity (Wildman–Crippen MR) is 75.1 cm³/mol. The molecule has 1 atom stereocenters. The van der Waals surface area contributed by atoms with Crippen LogP contribution in [-0.2, 0) is 14.3 Å². The maximum atomic E-state index is 12.2. The van der Waals surface area contributed by atoms with E-state index >= 15 is 0 Å². The van der Waals surface area contributed by atoms with Gasteiger partial charge in [0.25, 0.3) is 0 Å². The summed E-state index contributed by atoms with van der Waals surface area (Å²) in [5, 5.41) is 11.9. The van der Waals surface area contributed by atoms with E-state index in [2.05, 4.69) is 5.32 Å². The monoisotopic (exact) mass is 293 g/mol. The molecule has 1 aliphatic heterocycles. The van der Waals surface area contributed by atoms with Crippen LogP contribution < -0.4 is 10.1 Å². The summed E-state index contributed by atoms with van der Waals surface area (Å²) in [5.41, 5.74) is 0.517. The van der Waals surface area contributed by atoms with Crippen LogP contribution in [0.1, 0.15) is 24.4 Å². The molecule has 6 nitrogen and oxygen atoms in total. The van der Waals surface area contributed by atoms with Crippen LogP contribution in [0.15, 0.2) is 24.3 Å². The quantitative estimate of drug-likeness (QED) is 0.856. The van der Waals surface area contributed by atoms with Gasteiger partial charge in [0, 0.05) is 19.1 Å². The van der Waals surface area contributed by atoms with Gasteiger partial charge < -0.3 is 19.9 Å². The van der Waals surface area contributed by atoms with Gasteiger partial charge >= 0.3 is 5.97 Å². The molecule has 0 aromatic heterocycles. The molecule has 0 aliphatic carbocycles. The molecule has 1 amide bonds. The highest BCUT2D eigenvalue weighted by Crippen LogP contribution is 2.20. The Morgan fingerprint density at radius 1 is 1.29 bits per heavy atom. The second kappa shape index (κ2) is 7.08. The zero-order valence-electron chi connectivity index (χ0n) is 11.9. The number of nitrogens with one attached hydrogen (secondary N) is 1. The first-order chi connectivity index (χ1) is 10.1. The highest BCUT2D eigenvalue weighted by molar-refractivity contribution is 5.85. The third kappa shape index (κ3) is 3.95. The summed E-state index contributed by atoms with van der Waals surface area (Å²) in [7, 11) is 1.54. The fraction of sp³-hybridized carbons (Fsp3) is 0.467. The highest BCUT2D eigenvalue weighted by Gasteiger charge is 2.27. The molecule has 1 heterocycles. The molecule has 6 heteroatoms. The fourth-order valence-corrected chi connectivity index (χ4v) is 2.30. The third-order valence-corrected chi connectivity index (χ3v) is 3.57. The average Bonchev–Trinajstić information content (AvgIpc) is 2.53. The van der Waals surface area contributed by atoms with E-state index in [4.69, 9.17) is 9.47 Å². The largest absolute Gasteiger partial charge is 0.497 e. The summed E-state index contributed by atoms with van der Waals surface area (Å²) in [6.07, 6.45) is 1.25. The molecule has 21 heavy (non-hydrogen) atoms. The van der Waals surface area contributed by atoms with E-state index in [-0.39, 0.29) is 11.8 Å². The van der Waals surface area contributed by atoms with Crippen molar-refractivity contribution >= 4 is 11.9 Å². The standard InChI is InChI=1S/C15H19NO5/c1-20-12-4-2-10(3-5-12)13(15(18)19)16-14(17)11-6-8-21-9-7-11/h2-5,11,13H,6-9H2,1H3,(H,16,17)(H,18,19). The molecule has 1 aromatic rings. The number of rotatable bonds is 5. The Labute approximate surface area is 123 Å². The van der Waals surface area contributed by atoms with Crippen molar-refractivity contribution in [2.24, 2.45) is 5.92 Å². The SMILES string of the molecule is COc1ccc(C(NC(=O)C2CCOCC2)C(=O)O)cc1.